The van der Waals surface area contributed by atoms with E-state index in [-0.39, 0.29) is 5.95 Å². The highest BCUT2D eigenvalue weighted by atomic mass is 15.4. The summed E-state index contributed by atoms with van der Waals surface area (Å²) >= 11 is 0. The molecular weight excluding hydrogens is 192 g/mol. The zero-order valence-corrected chi connectivity index (χ0v) is 8.09. The van der Waals surface area contributed by atoms with E-state index in [1.54, 1.807) is 0 Å². The highest BCUT2D eigenvalue weighted by molar-refractivity contribution is 5.47. The molecule has 0 aliphatic carbocycles. The first kappa shape index (κ1) is 9.32. The quantitative estimate of drug-likeness (QED) is 0.461. The van der Waals surface area contributed by atoms with E-state index < -0.39 is 0 Å². The number of rotatable bonds is 2. The predicted octanol–water partition coefficient (Wildman–Crippen LogP) is -0.253. The third-order valence-electron chi connectivity index (χ3n) is 2.20. The highest BCUT2D eigenvalue weighted by Crippen LogP contribution is 2.14. The number of nitrogens with zero attached hydrogens (tertiary/aromatic N) is 3. The molecule has 0 atom stereocenters. The van der Waals surface area contributed by atoms with Crippen molar-refractivity contribution in [3.05, 3.63) is 35.7 Å². The number of para-hydroxylation sites is 1. The molecule has 1 aromatic heterocycles. The molecule has 2 rings (SSSR count). The van der Waals surface area contributed by atoms with Crippen LogP contribution in [0.25, 0.3) is 0 Å². The monoisotopic (exact) mass is 204 g/mol. The van der Waals surface area contributed by atoms with Gasteiger partial charge in [-0.25, -0.2) is 4.68 Å². The van der Waals surface area contributed by atoms with Gasteiger partial charge in [0.1, 0.15) is 0 Å². The fourth-order valence-corrected chi connectivity index (χ4v) is 1.32. The summed E-state index contributed by atoms with van der Waals surface area (Å²) in [7, 11) is 0. The minimum Gasteiger partial charge on any atom is -0.398 e. The molecule has 0 fully saturated rings. The lowest BCUT2D eigenvalue weighted by Gasteiger charge is -2.04. The van der Waals surface area contributed by atoms with Crippen LogP contribution in [-0.2, 0) is 6.42 Å². The first-order valence-electron chi connectivity index (χ1n) is 4.46. The molecule has 0 radical (unpaired) electrons. The number of aromatic nitrogens is 3. The summed E-state index contributed by atoms with van der Waals surface area (Å²) in [6.07, 6.45) is 0.521. The molecule has 1 heterocycles. The molecule has 1 aromatic carbocycles. The van der Waals surface area contributed by atoms with Gasteiger partial charge < -0.3 is 17.3 Å². The lowest BCUT2D eigenvalue weighted by molar-refractivity contribution is 0.880. The van der Waals surface area contributed by atoms with Crippen molar-refractivity contribution in [1.82, 2.24) is 14.9 Å². The molecule has 0 spiro atoms. The molecule has 6 nitrogen and oxygen atoms in total. The Balaban J connectivity index is 2.30. The molecular formula is C9H12N6. The fraction of sp³-hybridized carbons (Fsp3) is 0.111. The van der Waals surface area contributed by atoms with E-state index in [0.29, 0.717) is 17.9 Å². The van der Waals surface area contributed by atoms with Crippen LogP contribution in [0.15, 0.2) is 24.3 Å². The van der Waals surface area contributed by atoms with Crippen molar-refractivity contribution < 1.29 is 0 Å². The van der Waals surface area contributed by atoms with Gasteiger partial charge in [-0.3, -0.25) is 0 Å². The van der Waals surface area contributed by atoms with Gasteiger partial charge in [0.25, 0.3) is 0 Å². The first-order valence-corrected chi connectivity index (χ1v) is 4.46. The van der Waals surface area contributed by atoms with E-state index in [1.807, 2.05) is 24.3 Å². The Morgan fingerprint density at radius 1 is 1.13 bits per heavy atom. The van der Waals surface area contributed by atoms with Gasteiger partial charge in [0, 0.05) is 12.1 Å². The Labute approximate surface area is 86.7 Å². The summed E-state index contributed by atoms with van der Waals surface area (Å²) in [5.74, 6) is 6.41. The van der Waals surface area contributed by atoms with Gasteiger partial charge in [0.2, 0.25) is 5.95 Å². The molecule has 0 amide bonds. The number of nitrogen functional groups attached to an aromatic ring is 3. The standard InChI is InChI=1S/C9H12N6/c10-7-4-2-1-3-6(7)5-8-13-14-9(11)15(8)12/h1-4H,5,10,12H2,(H2,11,14). The highest BCUT2D eigenvalue weighted by Gasteiger charge is 2.08. The van der Waals surface area contributed by atoms with Crippen molar-refractivity contribution in [2.45, 2.75) is 6.42 Å². The van der Waals surface area contributed by atoms with Crippen LogP contribution in [0, 0.1) is 0 Å². The topological polar surface area (TPSA) is 109 Å². The van der Waals surface area contributed by atoms with Crippen LogP contribution in [0.3, 0.4) is 0 Å². The number of benzene rings is 1. The normalized spacial score (nSPS) is 10.4. The van der Waals surface area contributed by atoms with Crippen LogP contribution in [0.4, 0.5) is 11.6 Å². The van der Waals surface area contributed by atoms with Crippen LogP contribution < -0.4 is 17.3 Å². The number of hydrogen-bond donors (Lipinski definition) is 3. The Morgan fingerprint density at radius 3 is 2.47 bits per heavy atom. The molecule has 6 N–H and O–H groups in total. The van der Waals surface area contributed by atoms with Gasteiger partial charge in [-0.05, 0) is 11.6 Å². The minimum atomic E-state index is 0.194. The van der Waals surface area contributed by atoms with E-state index in [4.69, 9.17) is 17.3 Å². The van der Waals surface area contributed by atoms with E-state index in [1.165, 1.54) is 4.68 Å². The minimum absolute atomic E-state index is 0.194. The molecule has 0 aliphatic heterocycles. The average molecular weight is 204 g/mol. The molecule has 2 aromatic rings. The van der Waals surface area contributed by atoms with Gasteiger partial charge in [-0.15, -0.1) is 10.2 Å². The second-order valence-electron chi connectivity index (χ2n) is 3.22. The van der Waals surface area contributed by atoms with Gasteiger partial charge in [-0.2, -0.15) is 0 Å². The number of anilines is 2. The lowest BCUT2D eigenvalue weighted by atomic mass is 10.1. The molecule has 15 heavy (non-hydrogen) atoms. The van der Waals surface area contributed by atoms with E-state index in [9.17, 15) is 0 Å². The number of hydrogen-bond acceptors (Lipinski definition) is 5. The summed E-state index contributed by atoms with van der Waals surface area (Å²) in [5.41, 5.74) is 12.9. The third-order valence-corrected chi connectivity index (χ3v) is 2.20. The second kappa shape index (κ2) is 3.49. The maximum absolute atomic E-state index is 5.80. The van der Waals surface area contributed by atoms with Crippen LogP contribution >= 0.6 is 0 Å². The van der Waals surface area contributed by atoms with E-state index in [2.05, 4.69) is 10.2 Å². The molecule has 0 saturated carbocycles. The predicted molar refractivity (Wildman–Crippen MR) is 58.2 cm³/mol. The van der Waals surface area contributed by atoms with Crippen LogP contribution in [-0.4, -0.2) is 14.9 Å². The number of nitrogens with two attached hydrogens (primary N) is 3. The summed E-state index contributed by atoms with van der Waals surface area (Å²) in [5, 5.41) is 7.53. The molecule has 0 unspecified atom stereocenters. The van der Waals surface area contributed by atoms with Gasteiger partial charge >= 0.3 is 0 Å². The van der Waals surface area contributed by atoms with Gasteiger partial charge in [0.05, 0.1) is 0 Å². The summed E-state index contributed by atoms with van der Waals surface area (Å²) in [4.78, 5) is 0. The SMILES string of the molecule is Nc1ccccc1Cc1nnc(N)n1N. The maximum Gasteiger partial charge on any atom is 0.240 e. The summed E-state index contributed by atoms with van der Waals surface area (Å²) in [6.45, 7) is 0. The smallest absolute Gasteiger partial charge is 0.240 e. The first-order chi connectivity index (χ1) is 7.18. The average Bonchev–Trinajstić information content (AvgIpc) is 2.53. The van der Waals surface area contributed by atoms with Gasteiger partial charge in [-0.1, -0.05) is 18.2 Å². The van der Waals surface area contributed by atoms with Crippen molar-refractivity contribution in [2.24, 2.45) is 0 Å². The van der Waals surface area contributed by atoms with Crippen molar-refractivity contribution in [3.8, 4) is 0 Å². The van der Waals surface area contributed by atoms with Crippen molar-refractivity contribution in [1.29, 1.82) is 0 Å². The largest absolute Gasteiger partial charge is 0.398 e. The Kier molecular flexibility index (Phi) is 2.17. The molecule has 0 bridgehead atoms. The van der Waals surface area contributed by atoms with Crippen molar-refractivity contribution >= 4 is 11.6 Å². The van der Waals surface area contributed by atoms with Crippen molar-refractivity contribution in [2.75, 3.05) is 17.3 Å². The van der Waals surface area contributed by atoms with Crippen LogP contribution in [0.2, 0.25) is 0 Å². The maximum atomic E-state index is 5.80. The van der Waals surface area contributed by atoms with E-state index >= 15 is 0 Å². The molecule has 78 valence electrons. The van der Waals surface area contributed by atoms with Gasteiger partial charge in [0.15, 0.2) is 5.82 Å². The van der Waals surface area contributed by atoms with Crippen LogP contribution in [0.5, 0.6) is 0 Å². The molecule has 0 saturated heterocycles. The molecule has 6 heteroatoms. The fourth-order valence-electron chi connectivity index (χ4n) is 1.32. The lowest BCUT2D eigenvalue weighted by Crippen LogP contribution is -2.16. The second-order valence-corrected chi connectivity index (χ2v) is 3.22. The van der Waals surface area contributed by atoms with Crippen molar-refractivity contribution in [3.63, 3.8) is 0 Å². The Bertz CT molecular complexity index is 475. The summed E-state index contributed by atoms with van der Waals surface area (Å²) < 4.78 is 1.26. The zero-order valence-electron chi connectivity index (χ0n) is 8.09. The Hall–Kier alpha value is -2.24. The zero-order chi connectivity index (χ0) is 10.8. The molecule has 0 aliphatic rings. The van der Waals surface area contributed by atoms with Crippen LogP contribution in [0.1, 0.15) is 11.4 Å². The third kappa shape index (κ3) is 1.69. The Morgan fingerprint density at radius 2 is 1.87 bits per heavy atom. The van der Waals surface area contributed by atoms with E-state index in [0.717, 1.165) is 5.56 Å². The summed E-state index contributed by atoms with van der Waals surface area (Å²) in [6, 6.07) is 7.53.